The first kappa shape index (κ1) is 21.2. The molecule has 1 aliphatic carbocycles. The normalized spacial score (nSPS) is 27.2. The van der Waals surface area contributed by atoms with Crippen molar-refractivity contribution in [3.8, 4) is 5.75 Å². The van der Waals surface area contributed by atoms with Gasteiger partial charge in [-0.15, -0.1) is 0 Å². The Morgan fingerprint density at radius 3 is 2.18 bits per heavy atom. The number of benzene rings is 4. The second-order valence-corrected chi connectivity index (χ2v) is 9.42. The molecule has 1 saturated heterocycles. The van der Waals surface area contributed by atoms with Crippen molar-refractivity contribution in [1.29, 1.82) is 0 Å². The Kier molecular flexibility index (Phi) is 5.05. The van der Waals surface area contributed by atoms with Crippen LogP contribution < -0.4 is 4.74 Å². The first-order chi connectivity index (χ1) is 16.6. The van der Waals surface area contributed by atoms with Gasteiger partial charge in [-0.05, 0) is 36.1 Å². The lowest BCUT2D eigenvalue weighted by Gasteiger charge is -2.22. The third-order valence-electron chi connectivity index (χ3n) is 7.46. The minimum absolute atomic E-state index is 0.0357. The number of ether oxygens (including phenoxy) is 2. The minimum Gasteiger partial charge on any atom is -0.489 e. The molecule has 6 rings (SSSR count). The van der Waals surface area contributed by atoms with Gasteiger partial charge in [-0.25, -0.2) is 0 Å². The van der Waals surface area contributed by atoms with Gasteiger partial charge in [0.2, 0.25) is 0 Å². The zero-order valence-electron chi connectivity index (χ0n) is 19.2. The molecule has 0 unspecified atom stereocenters. The quantitative estimate of drug-likeness (QED) is 0.355. The monoisotopic (exact) mass is 448 g/mol. The summed E-state index contributed by atoms with van der Waals surface area (Å²) in [5.74, 6) is 0.793. The Labute approximate surface area is 200 Å². The van der Waals surface area contributed by atoms with E-state index < -0.39 is 17.3 Å². The highest BCUT2D eigenvalue weighted by Gasteiger charge is 2.82. The van der Waals surface area contributed by atoms with Crippen LogP contribution in [0.2, 0.25) is 0 Å². The fourth-order valence-electron chi connectivity index (χ4n) is 5.83. The molecule has 4 aromatic carbocycles. The molecule has 0 bridgehead atoms. The maximum absolute atomic E-state index is 11.6. The Bertz CT molecular complexity index is 1290. The van der Waals surface area contributed by atoms with Crippen molar-refractivity contribution in [2.45, 2.75) is 43.2 Å². The predicted octanol–water partition coefficient (Wildman–Crippen LogP) is 6.24. The van der Waals surface area contributed by atoms with Gasteiger partial charge in [-0.2, -0.15) is 0 Å². The summed E-state index contributed by atoms with van der Waals surface area (Å²) in [6.07, 6.45) is -0.0225. The van der Waals surface area contributed by atoms with Crippen LogP contribution in [0.1, 0.15) is 40.2 Å². The van der Waals surface area contributed by atoms with E-state index in [9.17, 15) is 5.11 Å². The van der Waals surface area contributed by atoms with E-state index in [4.69, 9.17) is 9.47 Å². The van der Waals surface area contributed by atoms with Crippen LogP contribution in [0.25, 0.3) is 0 Å². The number of para-hydroxylation sites is 1. The molecule has 4 atom stereocenters. The van der Waals surface area contributed by atoms with Crippen LogP contribution >= 0.6 is 0 Å². The largest absolute Gasteiger partial charge is 0.489 e. The lowest BCUT2D eigenvalue weighted by atomic mass is 9.76. The summed E-state index contributed by atoms with van der Waals surface area (Å²) in [4.78, 5) is 0. The average Bonchev–Trinajstić information content (AvgIpc) is 3.53. The number of epoxide rings is 1. The van der Waals surface area contributed by atoms with Gasteiger partial charge in [0.05, 0.1) is 6.10 Å². The predicted molar refractivity (Wildman–Crippen MR) is 133 cm³/mol. The van der Waals surface area contributed by atoms with E-state index in [1.165, 1.54) is 11.1 Å². The smallest absolute Gasteiger partial charge is 0.157 e. The van der Waals surface area contributed by atoms with Gasteiger partial charge < -0.3 is 14.6 Å². The van der Waals surface area contributed by atoms with Crippen molar-refractivity contribution in [3.05, 3.63) is 137 Å². The van der Waals surface area contributed by atoms with E-state index in [-0.39, 0.29) is 5.92 Å². The van der Waals surface area contributed by atoms with Crippen molar-refractivity contribution in [3.63, 3.8) is 0 Å². The molecule has 0 amide bonds. The summed E-state index contributed by atoms with van der Waals surface area (Å²) in [6, 6.07) is 37.1. The molecule has 170 valence electrons. The molecule has 2 aliphatic rings. The molecule has 1 N–H and O–H groups in total. The molecular formula is C31H28O3. The molecule has 0 aromatic heterocycles. The maximum atomic E-state index is 11.6. The molecule has 3 heteroatoms. The van der Waals surface area contributed by atoms with Crippen molar-refractivity contribution in [2.24, 2.45) is 0 Å². The first-order valence-electron chi connectivity index (χ1n) is 11.9. The molecule has 3 nitrogen and oxygen atoms in total. The number of aryl methyl sites for hydroxylation is 1. The summed E-state index contributed by atoms with van der Waals surface area (Å²) in [7, 11) is 0. The summed E-state index contributed by atoms with van der Waals surface area (Å²) in [5.41, 5.74) is 4.00. The highest BCUT2D eigenvalue weighted by molar-refractivity contribution is 5.55. The third kappa shape index (κ3) is 3.12. The summed E-state index contributed by atoms with van der Waals surface area (Å²) >= 11 is 0. The second kappa shape index (κ2) is 8.12. The first-order valence-corrected chi connectivity index (χ1v) is 11.9. The Morgan fingerprint density at radius 1 is 0.794 bits per heavy atom. The third-order valence-corrected chi connectivity index (χ3v) is 7.46. The minimum atomic E-state index is -0.851. The Balaban J connectivity index is 1.45. The van der Waals surface area contributed by atoms with Crippen LogP contribution in [0.5, 0.6) is 5.75 Å². The fourth-order valence-corrected chi connectivity index (χ4v) is 5.83. The Morgan fingerprint density at radius 2 is 1.44 bits per heavy atom. The molecule has 4 aromatic rings. The summed E-state index contributed by atoms with van der Waals surface area (Å²) < 4.78 is 13.1. The van der Waals surface area contributed by atoms with Gasteiger partial charge in [-0.1, -0.05) is 109 Å². The standard InChI is InChI=1S/C31H28O3/c1-22-16-18-25(19-17-22)30-27(24-12-6-3-7-13-24)20-29(32)31(30,34-30)26-14-8-9-15-28(26)33-21-23-10-4-2-5-11-23/h2-19,27,29,32H,20-21H2,1H3/t27-,29-,30-,31+/m0/s1. The lowest BCUT2D eigenvalue weighted by molar-refractivity contribution is 0.0521. The summed E-state index contributed by atoms with van der Waals surface area (Å²) in [6.45, 7) is 2.55. The van der Waals surface area contributed by atoms with Gasteiger partial charge in [-0.3, -0.25) is 0 Å². The maximum Gasteiger partial charge on any atom is 0.157 e. The van der Waals surface area contributed by atoms with Crippen LogP contribution in [-0.4, -0.2) is 11.2 Å². The molecule has 2 fully saturated rings. The van der Waals surface area contributed by atoms with Gasteiger partial charge in [0.25, 0.3) is 0 Å². The van der Waals surface area contributed by atoms with Crippen molar-refractivity contribution in [2.75, 3.05) is 0 Å². The molecule has 1 saturated carbocycles. The van der Waals surface area contributed by atoms with E-state index in [0.717, 1.165) is 22.4 Å². The topological polar surface area (TPSA) is 42.0 Å². The Hall–Kier alpha value is -3.40. The van der Waals surface area contributed by atoms with Crippen LogP contribution in [0.3, 0.4) is 0 Å². The van der Waals surface area contributed by atoms with Crippen LogP contribution in [-0.2, 0) is 22.5 Å². The van der Waals surface area contributed by atoms with Gasteiger partial charge in [0.15, 0.2) is 5.60 Å². The highest BCUT2D eigenvalue weighted by atomic mass is 16.6. The van der Waals surface area contributed by atoms with Crippen LogP contribution in [0.15, 0.2) is 109 Å². The molecule has 0 spiro atoms. The molecule has 1 aliphatic heterocycles. The number of aliphatic hydroxyl groups excluding tert-OH is 1. The number of hydrogen-bond acceptors (Lipinski definition) is 3. The van der Waals surface area contributed by atoms with Crippen molar-refractivity contribution < 1.29 is 14.6 Å². The number of aliphatic hydroxyl groups is 1. The van der Waals surface area contributed by atoms with Crippen molar-refractivity contribution >= 4 is 0 Å². The van der Waals surface area contributed by atoms with E-state index in [1.807, 2.05) is 48.5 Å². The second-order valence-electron chi connectivity index (χ2n) is 9.42. The van der Waals surface area contributed by atoms with E-state index in [2.05, 4.69) is 67.6 Å². The zero-order valence-corrected chi connectivity index (χ0v) is 19.2. The van der Waals surface area contributed by atoms with Gasteiger partial charge in [0.1, 0.15) is 18.0 Å². The number of hydrogen-bond donors (Lipinski definition) is 1. The lowest BCUT2D eigenvalue weighted by Crippen LogP contribution is -2.28. The fraction of sp³-hybridized carbons (Fsp3) is 0.226. The van der Waals surface area contributed by atoms with Gasteiger partial charge in [0, 0.05) is 11.5 Å². The number of fused-ring (bicyclic) bond motifs is 1. The highest BCUT2D eigenvalue weighted by Crippen LogP contribution is 2.76. The molecule has 1 heterocycles. The SMILES string of the molecule is Cc1ccc([C@@]23O[C@]2(c2ccccc2OCc2ccccc2)[C@@H](O)C[C@H]3c2ccccc2)cc1. The molecule has 34 heavy (non-hydrogen) atoms. The zero-order chi connectivity index (χ0) is 23.2. The van der Waals surface area contributed by atoms with E-state index in [1.54, 1.807) is 0 Å². The van der Waals surface area contributed by atoms with Crippen LogP contribution in [0, 0.1) is 6.92 Å². The van der Waals surface area contributed by atoms with Gasteiger partial charge >= 0.3 is 0 Å². The van der Waals surface area contributed by atoms with Crippen molar-refractivity contribution in [1.82, 2.24) is 0 Å². The van der Waals surface area contributed by atoms with Crippen LogP contribution in [0.4, 0.5) is 0 Å². The molecular weight excluding hydrogens is 420 g/mol. The van der Waals surface area contributed by atoms with E-state index >= 15 is 0 Å². The molecule has 0 radical (unpaired) electrons. The van der Waals surface area contributed by atoms with E-state index in [0.29, 0.717) is 13.0 Å². The summed E-state index contributed by atoms with van der Waals surface area (Å²) in [5, 5.41) is 11.6. The average molecular weight is 449 g/mol. The number of rotatable bonds is 6.